The number of alkyl halides is 1. The van der Waals surface area contributed by atoms with Gasteiger partial charge in [0, 0.05) is 0 Å². The van der Waals surface area contributed by atoms with Gasteiger partial charge in [0.25, 0.3) is 0 Å². The van der Waals surface area contributed by atoms with Crippen LogP contribution in [0.3, 0.4) is 0 Å². The number of rotatable bonds is 6. The van der Waals surface area contributed by atoms with Gasteiger partial charge in [0.1, 0.15) is 12.8 Å². The normalized spacial score (nSPS) is 14.6. The zero-order valence-electron chi connectivity index (χ0n) is 6.79. The highest BCUT2D eigenvalue weighted by Gasteiger charge is 2.17. The maximum absolute atomic E-state index is 12.0. The van der Waals surface area contributed by atoms with Gasteiger partial charge in [0.15, 0.2) is 0 Å². The summed E-state index contributed by atoms with van der Waals surface area (Å²) in [6.45, 7) is 0.877. The highest BCUT2D eigenvalue weighted by atomic mass is 32.3. The summed E-state index contributed by atoms with van der Waals surface area (Å²) in [5, 5.41) is 0. The standard InChI is InChI=1S/C6H12F2O3S/c1-2-3-4-6(5-7)11-12(8,9)10/h6H,2-5H2,1H3/t6-/m0/s1. The summed E-state index contributed by atoms with van der Waals surface area (Å²) < 4.78 is 47.4. The van der Waals surface area contributed by atoms with E-state index in [0.29, 0.717) is 6.42 Å². The van der Waals surface area contributed by atoms with Crippen molar-refractivity contribution in [1.82, 2.24) is 0 Å². The molecule has 3 nitrogen and oxygen atoms in total. The number of unbranched alkanes of at least 4 members (excludes halogenated alkanes) is 1. The second-order valence-electron chi connectivity index (χ2n) is 2.41. The smallest absolute Gasteiger partial charge is 0.248 e. The van der Waals surface area contributed by atoms with Crippen molar-refractivity contribution < 1.29 is 20.9 Å². The van der Waals surface area contributed by atoms with E-state index in [0.717, 1.165) is 6.42 Å². The molecule has 0 N–H and O–H groups in total. The van der Waals surface area contributed by atoms with Crippen LogP contribution in [0.4, 0.5) is 8.28 Å². The minimum atomic E-state index is -5.01. The first-order valence-corrected chi connectivity index (χ1v) is 4.99. The molecule has 0 unspecified atom stereocenters. The zero-order chi connectivity index (χ0) is 9.61. The SMILES string of the molecule is CCCC[C@@H](CF)OS(=O)(=O)F. The second kappa shape index (κ2) is 5.42. The van der Waals surface area contributed by atoms with E-state index < -0.39 is 23.3 Å². The third-order valence-electron chi connectivity index (χ3n) is 1.30. The predicted molar refractivity (Wildman–Crippen MR) is 40.4 cm³/mol. The van der Waals surface area contributed by atoms with E-state index in [1.165, 1.54) is 0 Å². The Labute approximate surface area is 71.1 Å². The van der Waals surface area contributed by atoms with E-state index in [2.05, 4.69) is 4.18 Å². The largest absolute Gasteiger partial charge is 0.437 e. The predicted octanol–water partition coefficient (Wildman–Crippen LogP) is 1.75. The summed E-state index contributed by atoms with van der Waals surface area (Å²) in [5.74, 6) is 0. The highest BCUT2D eigenvalue weighted by molar-refractivity contribution is 7.81. The molecule has 1 atom stereocenters. The van der Waals surface area contributed by atoms with Crippen LogP contribution in [-0.2, 0) is 14.7 Å². The van der Waals surface area contributed by atoms with Crippen LogP contribution in [0.1, 0.15) is 26.2 Å². The number of hydrogen-bond donors (Lipinski definition) is 0. The van der Waals surface area contributed by atoms with Crippen LogP contribution in [0.5, 0.6) is 0 Å². The average Bonchev–Trinajstić information content (AvgIpc) is 1.95. The van der Waals surface area contributed by atoms with Gasteiger partial charge in [0.05, 0.1) is 0 Å². The number of hydrogen-bond acceptors (Lipinski definition) is 3. The van der Waals surface area contributed by atoms with Crippen molar-refractivity contribution in [1.29, 1.82) is 0 Å². The van der Waals surface area contributed by atoms with Gasteiger partial charge in [-0.05, 0) is 6.42 Å². The van der Waals surface area contributed by atoms with Crippen LogP contribution in [0.25, 0.3) is 0 Å². The Morgan fingerprint density at radius 2 is 2.08 bits per heavy atom. The summed E-state index contributed by atoms with van der Waals surface area (Å²) >= 11 is 0. The van der Waals surface area contributed by atoms with Crippen LogP contribution >= 0.6 is 0 Å². The van der Waals surface area contributed by atoms with Gasteiger partial charge in [0.2, 0.25) is 0 Å². The molecule has 0 aromatic rings. The maximum atomic E-state index is 12.0. The van der Waals surface area contributed by atoms with Gasteiger partial charge in [-0.3, -0.25) is 0 Å². The van der Waals surface area contributed by atoms with Crippen molar-refractivity contribution in [2.24, 2.45) is 0 Å². The average molecular weight is 202 g/mol. The van der Waals surface area contributed by atoms with Crippen LogP contribution in [0.2, 0.25) is 0 Å². The lowest BCUT2D eigenvalue weighted by atomic mass is 10.2. The molecule has 0 aromatic carbocycles. The second-order valence-corrected chi connectivity index (χ2v) is 3.39. The van der Waals surface area contributed by atoms with Crippen LogP contribution in [0.15, 0.2) is 0 Å². The fourth-order valence-corrected chi connectivity index (χ4v) is 1.22. The van der Waals surface area contributed by atoms with Gasteiger partial charge >= 0.3 is 10.5 Å². The van der Waals surface area contributed by atoms with E-state index >= 15 is 0 Å². The summed E-state index contributed by atoms with van der Waals surface area (Å²) in [5.41, 5.74) is 0. The molecule has 0 saturated carbocycles. The fourth-order valence-electron chi connectivity index (χ4n) is 0.745. The Kier molecular flexibility index (Phi) is 5.32. The summed E-state index contributed by atoms with van der Waals surface area (Å²) in [6, 6.07) is 0. The Morgan fingerprint density at radius 3 is 2.42 bits per heavy atom. The lowest BCUT2D eigenvalue weighted by molar-refractivity contribution is 0.149. The zero-order valence-corrected chi connectivity index (χ0v) is 7.61. The quantitative estimate of drug-likeness (QED) is 0.616. The molecule has 0 aliphatic rings. The molecule has 0 rings (SSSR count). The monoisotopic (exact) mass is 202 g/mol. The van der Waals surface area contributed by atoms with Crippen LogP contribution < -0.4 is 0 Å². The Hall–Kier alpha value is -0.230. The van der Waals surface area contributed by atoms with E-state index in [4.69, 9.17) is 0 Å². The molecular formula is C6H12F2O3S. The molecule has 0 aromatic heterocycles. The molecule has 0 aliphatic carbocycles. The van der Waals surface area contributed by atoms with Crippen molar-refractivity contribution in [2.75, 3.05) is 6.67 Å². The lowest BCUT2D eigenvalue weighted by Crippen LogP contribution is -2.17. The molecule has 0 bridgehead atoms. The van der Waals surface area contributed by atoms with E-state index in [1.807, 2.05) is 6.92 Å². The first-order chi connectivity index (χ1) is 5.49. The van der Waals surface area contributed by atoms with Gasteiger partial charge in [-0.2, -0.15) is 8.42 Å². The van der Waals surface area contributed by atoms with E-state index in [1.54, 1.807) is 0 Å². The molecule has 0 amide bonds. The molecular weight excluding hydrogens is 190 g/mol. The topological polar surface area (TPSA) is 43.4 Å². The van der Waals surface area contributed by atoms with E-state index in [-0.39, 0.29) is 6.42 Å². The van der Waals surface area contributed by atoms with Gasteiger partial charge in [-0.1, -0.05) is 23.7 Å². The van der Waals surface area contributed by atoms with Gasteiger partial charge < -0.3 is 0 Å². The van der Waals surface area contributed by atoms with Crippen molar-refractivity contribution in [2.45, 2.75) is 32.3 Å². The molecule has 0 saturated heterocycles. The minimum Gasteiger partial charge on any atom is -0.248 e. The van der Waals surface area contributed by atoms with Gasteiger partial charge in [-0.15, -0.1) is 0 Å². The minimum absolute atomic E-state index is 0.218. The Bertz CT molecular complexity index is 203. The molecule has 0 radical (unpaired) electrons. The molecule has 0 fully saturated rings. The highest BCUT2D eigenvalue weighted by Crippen LogP contribution is 2.09. The molecule has 6 heteroatoms. The van der Waals surface area contributed by atoms with Crippen LogP contribution in [-0.4, -0.2) is 21.2 Å². The molecule has 74 valence electrons. The fraction of sp³-hybridized carbons (Fsp3) is 1.00. The van der Waals surface area contributed by atoms with Crippen molar-refractivity contribution in [3.05, 3.63) is 0 Å². The van der Waals surface area contributed by atoms with Gasteiger partial charge in [-0.25, -0.2) is 8.57 Å². The third-order valence-corrected chi connectivity index (χ3v) is 1.80. The first kappa shape index (κ1) is 11.8. The van der Waals surface area contributed by atoms with Crippen LogP contribution in [0, 0.1) is 0 Å². The maximum Gasteiger partial charge on any atom is 0.437 e. The Morgan fingerprint density at radius 1 is 1.50 bits per heavy atom. The summed E-state index contributed by atoms with van der Waals surface area (Å²) in [6.07, 6.45) is 0.451. The number of halogens is 2. The van der Waals surface area contributed by atoms with Crippen molar-refractivity contribution in [3.8, 4) is 0 Å². The third kappa shape index (κ3) is 6.48. The van der Waals surface area contributed by atoms with Crippen molar-refractivity contribution >= 4 is 10.5 Å². The van der Waals surface area contributed by atoms with Crippen molar-refractivity contribution in [3.63, 3.8) is 0 Å². The Balaban J connectivity index is 3.83. The molecule has 0 spiro atoms. The molecule has 0 aliphatic heterocycles. The molecule has 12 heavy (non-hydrogen) atoms. The van der Waals surface area contributed by atoms with E-state index in [9.17, 15) is 16.7 Å². The first-order valence-electron chi connectivity index (χ1n) is 3.68. The summed E-state index contributed by atoms with van der Waals surface area (Å²) in [7, 11) is -5.01. The molecule has 0 heterocycles. The summed E-state index contributed by atoms with van der Waals surface area (Å²) in [4.78, 5) is 0. The lowest BCUT2D eigenvalue weighted by Gasteiger charge is -2.08.